The van der Waals surface area contributed by atoms with Crippen LogP contribution in [0.4, 0.5) is 5.69 Å². The number of rotatable bonds is 22. The van der Waals surface area contributed by atoms with Gasteiger partial charge >= 0.3 is 23.9 Å². The molecule has 7 aromatic carbocycles. The fraction of sp³-hybridized carbons (Fsp3) is 0.157. The van der Waals surface area contributed by atoms with E-state index in [-0.39, 0.29) is 90.3 Å². The summed E-state index contributed by atoms with van der Waals surface area (Å²) in [5, 5.41) is 56.5. The van der Waals surface area contributed by atoms with E-state index in [1.54, 1.807) is 167 Å². The fourth-order valence-corrected chi connectivity index (χ4v) is 14.1. The number of carbonyl (C=O) groups is 7. The number of esters is 2. The second-order valence-corrected chi connectivity index (χ2v) is 32.3. The van der Waals surface area contributed by atoms with Crippen LogP contribution in [0.25, 0.3) is 94.1 Å². The van der Waals surface area contributed by atoms with Gasteiger partial charge in [0.25, 0.3) is 16.7 Å². The molecule has 0 bridgehead atoms. The molecule has 10 heterocycles. The maximum absolute atomic E-state index is 12.9. The third-order valence-electron chi connectivity index (χ3n) is 19.2. The zero-order valence-corrected chi connectivity index (χ0v) is 70.1. The minimum Gasteiger partial charge on any atom is -0.477 e. The second-order valence-electron chi connectivity index (χ2n) is 31.0. The van der Waals surface area contributed by atoms with Crippen molar-refractivity contribution in [1.82, 2.24) is 94.3 Å². The monoisotopic (exact) mass is 1750 g/mol. The van der Waals surface area contributed by atoms with Crippen LogP contribution in [0.3, 0.4) is 0 Å². The van der Waals surface area contributed by atoms with Gasteiger partial charge in [0.2, 0.25) is 0 Å². The van der Waals surface area contributed by atoms with Crippen LogP contribution >= 0.6 is 34.8 Å². The van der Waals surface area contributed by atoms with Crippen molar-refractivity contribution >= 4 is 125 Å². The van der Waals surface area contributed by atoms with Crippen molar-refractivity contribution in [3.05, 3.63) is 311 Å². The number of carboxylic acids is 2. The van der Waals surface area contributed by atoms with Crippen molar-refractivity contribution in [2.45, 2.75) is 91.6 Å². The lowest BCUT2D eigenvalue weighted by Gasteiger charge is -2.18. The number of tetrazole rings is 3. The standard InChI is InChI=1S/C28H25ClN6O4.2C24H17ClN6O4.C13H16N2O2/c1-28(2,3)39-27(38)24-12-19-10-17(4-6-23(19)31-24)11-21(36)15-34-9-8-18(13-26(34)37)22-14-20(29)5-7-25(22)35-16-30-32-33-35;2*25-17-2-4-22(31-13-26-28-29-31)19(11-17)15-5-6-30(23(33)10-15)12-18(32)8-14-1-3-20-16(7-14)9-21(27-20)24(34)35;1-13(2,3)17-12(16)11-7-8-6-9(14)4-5-10(8)15-11/h4-10,12-14,16,31H,11,15H2,1-3H3;2*1-7,9-11,13,27H,8,12H2,(H,34,35);4-7,15H,14H2,1-3H3. The summed E-state index contributed by atoms with van der Waals surface area (Å²) in [6, 6.07) is 53.1. The number of carboxylic acid groups (broad SMARTS) is 2. The first kappa shape index (κ1) is 86.7. The minimum absolute atomic E-state index is 0.0805. The van der Waals surface area contributed by atoms with Crippen molar-refractivity contribution in [3.63, 3.8) is 0 Å². The molecule has 0 spiro atoms. The van der Waals surface area contributed by atoms with Gasteiger partial charge < -0.3 is 59.1 Å². The van der Waals surface area contributed by atoms with Gasteiger partial charge in [-0.25, -0.2) is 19.2 Å². The van der Waals surface area contributed by atoms with Crippen LogP contribution < -0.4 is 22.4 Å². The SMILES string of the molecule is CC(C)(C)OC(=O)c1cc2cc(CC(=O)Cn3ccc(-c4cc(Cl)ccc4-n4cnnn4)cc3=O)ccc2[nH]1.CC(C)(C)OC(=O)c1cc2cc(N)ccc2[nH]1.O=C(Cc1ccc2[nH]c(C(=O)O)cc2c1)Cn1ccc(-c2cc(Cl)ccc2-n2cnnn2)cc1=O.O=C(Cc1ccc2[nH]c(C(=O)O)cc2c1)Cn1ccc(-c2cc(Cl)ccc2-n2cnnn2)cc1=O. The Labute approximate surface area is 727 Å². The van der Waals surface area contributed by atoms with E-state index < -0.39 is 29.1 Å². The van der Waals surface area contributed by atoms with E-state index in [0.29, 0.717) is 104 Å². The van der Waals surface area contributed by atoms with Crippen molar-refractivity contribution in [2.24, 2.45) is 0 Å². The first-order valence-electron chi connectivity index (χ1n) is 38.6. The van der Waals surface area contributed by atoms with E-state index in [2.05, 4.69) is 66.5 Å². The lowest BCUT2D eigenvalue weighted by atomic mass is 10.0. The van der Waals surface area contributed by atoms with Gasteiger partial charge in [0, 0.05) is 137 Å². The van der Waals surface area contributed by atoms with Gasteiger partial charge in [-0.15, -0.1) is 15.3 Å². The lowest BCUT2D eigenvalue weighted by molar-refractivity contribution is -0.119. The smallest absolute Gasteiger partial charge is 0.355 e. The predicted molar refractivity (Wildman–Crippen MR) is 470 cm³/mol. The molecule has 17 rings (SSSR count). The van der Waals surface area contributed by atoms with Gasteiger partial charge in [0.05, 0.1) is 36.7 Å². The molecule has 0 radical (unpaired) electrons. The fourth-order valence-electron chi connectivity index (χ4n) is 13.6. The number of aromatic nitrogens is 19. The van der Waals surface area contributed by atoms with E-state index >= 15 is 0 Å². The number of hydrogen-bond acceptors (Lipinski definition) is 22. The second kappa shape index (κ2) is 36.9. The molecule has 126 heavy (non-hydrogen) atoms. The van der Waals surface area contributed by atoms with Crippen molar-refractivity contribution in [2.75, 3.05) is 5.73 Å². The van der Waals surface area contributed by atoms with Gasteiger partial charge in [-0.2, -0.15) is 14.0 Å². The zero-order chi connectivity index (χ0) is 89.4. The Bertz CT molecular complexity index is 6990. The van der Waals surface area contributed by atoms with Gasteiger partial charge in [0.1, 0.15) is 53.0 Å². The number of nitrogens with zero attached hydrogens (tertiary/aromatic N) is 15. The third-order valence-corrected chi connectivity index (χ3v) is 19.9. The van der Waals surface area contributed by atoms with Crippen LogP contribution in [0.15, 0.2) is 240 Å². The summed E-state index contributed by atoms with van der Waals surface area (Å²) in [6.07, 6.45) is 9.40. The Kier molecular flexibility index (Phi) is 25.4. The Morgan fingerprint density at radius 2 is 0.667 bits per heavy atom. The van der Waals surface area contributed by atoms with E-state index in [1.807, 2.05) is 51.1 Å². The highest BCUT2D eigenvalue weighted by atomic mass is 35.5. The van der Waals surface area contributed by atoms with Crippen molar-refractivity contribution in [1.29, 1.82) is 0 Å². The Hall–Kier alpha value is -15.7. The first-order chi connectivity index (χ1) is 60.1. The number of nitrogens with two attached hydrogens (primary N) is 1. The van der Waals surface area contributed by atoms with Crippen LogP contribution in [0.5, 0.6) is 0 Å². The largest absolute Gasteiger partial charge is 0.477 e. The molecule has 0 aliphatic heterocycles. The molecule has 0 aliphatic carbocycles. The molecule has 0 fully saturated rings. The van der Waals surface area contributed by atoms with Crippen LogP contribution in [-0.4, -0.2) is 157 Å². The van der Waals surface area contributed by atoms with Crippen LogP contribution in [0, 0.1) is 0 Å². The van der Waals surface area contributed by atoms with Gasteiger partial charge in [-0.3, -0.25) is 28.8 Å². The molecule has 0 amide bonds. The summed E-state index contributed by atoms with van der Waals surface area (Å²) < 4.78 is 19.2. The maximum Gasteiger partial charge on any atom is 0.355 e. The summed E-state index contributed by atoms with van der Waals surface area (Å²) in [7, 11) is 0. The number of fused-ring (bicyclic) bond motifs is 4. The molecular weight excluding hydrogens is 1680 g/mol. The number of carbonyl (C=O) groups excluding carboxylic acids is 5. The molecule has 17 aromatic rings. The highest BCUT2D eigenvalue weighted by Crippen LogP contribution is 2.33. The van der Waals surface area contributed by atoms with Crippen molar-refractivity contribution < 1.29 is 53.2 Å². The number of aromatic carboxylic acids is 2. The Balaban J connectivity index is 0.000000141. The number of halogens is 3. The van der Waals surface area contributed by atoms with Gasteiger partial charge in [0.15, 0.2) is 17.3 Å². The lowest BCUT2D eigenvalue weighted by Crippen LogP contribution is -2.24. The number of nitrogens with one attached hydrogen (secondary N) is 4. The average molecular weight is 1760 g/mol. The normalized spacial score (nSPS) is 11.3. The summed E-state index contributed by atoms with van der Waals surface area (Å²) in [4.78, 5) is 135. The van der Waals surface area contributed by atoms with Crippen LogP contribution in [0.2, 0.25) is 15.1 Å². The summed E-state index contributed by atoms with van der Waals surface area (Å²) in [6.45, 7) is 10.7. The summed E-state index contributed by atoms with van der Waals surface area (Å²) in [5.41, 5.74) is 16.2. The number of benzene rings is 7. The highest BCUT2D eigenvalue weighted by Gasteiger charge is 2.24. The number of ether oxygens (including phenoxy) is 2. The summed E-state index contributed by atoms with van der Waals surface area (Å²) in [5.74, 6) is -3.36. The number of H-pyrrole nitrogens is 4. The molecule has 0 saturated carbocycles. The van der Waals surface area contributed by atoms with E-state index in [9.17, 15) is 47.9 Å². The average Bonchev–Trinajstić information content (AvgIpc) is 1.48. The molecule has 8 N–H and O–H groups in total. The zero-order valence-electron chi connectivity index (χ0n) is 67.8. The number of pyridine rings is 3. The molecule has 636 valence electrons. The molecule has 0 atom stereocenters. The van der Waals surface area contributed by atoms with Crippen LogP contribution in [-0.2, 0) is 62.8 Å². The topological polar surface area (TPSA) is 464 Å². The third kappa shape index (κ3) is 21.4. The molecule has 0 aliphatic rings. The van der Waals surface area contributed by atoms with Crippen molar-refractivity contribution in [3.8, 4) is 50.4 Å². The molecule has 10 aromatic heterocycles. The van der Waals surface area contributed by atoms with Crippen LogP contribution in [0.1, 0.15) is 100 Å². The van der Waals surface area contributed by atoms with E-state index in [4.69, 9.17) is 60.2 Å². The molecule has 37 heteroatoms. The maximum atomic E-state index is 12.9. The quantitative estimate of drug-likeness (QED) is 0.0245. The van der Waals surface area contributed by atoms with E-state index in [1.165, 1.54) is 77.1 Å². The molecule has 34 nitrogen and oxygen atoms in total. The van der Waals surface area contributed by atoms with Gasteiger partial charge in [-0.1, -0.05) is 53.0 Å². The molecular formula is C89H75Cl3N20O14. The molecule has 0 unspecified atom stereocenters. The summed E-state index contributed by atoms with van der Waals surface area (Å²) >= 11 is 18.6. The van der Waals surface area contributed by atoms with E-state index in [0.717, 1.165) is 38.5 Å². The Morgan fingerprint density at radius 1 is 0.373 bits per heavy atom. The number of ketones is 3. The minimum atomic E-state index is -1.05. The highest BCUT2D eigenvalue weighted by molar-refractivity contribution is 6.31. The number of aromatic amines is 4. The predicted octanol–water partition coefficient (Wildman–Crippen LogP) is 13.4. The Morgan fingerprint density at radius 3 is 0.952 bits per heavy atom. The first-order valence-corrected chi connectivity index (χ1v) is 39.7. The van der Waals surface area contributed by atoms with Gasteiger partial charge in [-0.05, 0) is 258 Å². The number of anilines is 1. The molecule has 0 saturated heterocycles. The number of nitrogen functional groups attached to an aromatic ring is 1. The number of hydrogen-bond donors (Lipinski definition) is 7. The number of Topliss-reactive ketones (excluding diaryl/α,β-unsaturated/α-hetero) is 3.